The Balaban J connectivity index is 1.80. The van der Waals surface area contributed by atoms with Crippen molar-refractivity contribution in [3.63, 3.8) is 0 Å². The zero-order valence-corrected chi connectivity index (χ0v) is 13.2. The molecule has 4 nitrogen and oxygen atoms in total. The molecule has 0 heterocycles. The molecule has 0 aliphatic carbocycles. The summed E-state index contributed by atoms with van der Waals surface area (Å²) in [6.07, 6.45) is 0. The number of hydrogen-bond donors (Lipinski definition) is 1. The first-order chi connectivity index (χ1) is 10.8. The Kier molecular flexibility index (Phi) is 6.58. The molecule has 2 aromatic carbocycles. The van der Waals surface area contributed by atoms with Gasteiger partial charge in [-0.05, 0) is 48.9 Å². The molecule has 0 spiro atoms. The molecule has 0 radical (unpaired) electrons. The number of benzene rings is 2. The van der Waals surface area contributed by atoms with Crippen molar-refractivity contribution in [2.75, 3.05) is 32.2 Å². The molecule has 0 bridgehead atoms. The fraction of sp³-hybridized carbons (Fsp3) is 0.333. The van der Waals surface area contributed by atoms with E-state index in [4.69, 9.17) is 14.2 Å². The topological polar surface area (TPSA) is 39.7 Å². The van der Waals surface area contributed by atoms with Gasteiger partial charge in [0, 0.05) is 19.3 Å². The maximum Gasteiger partial charge on any atom is 0.119 e. The second-order valence-electron chi connectivity index (χ2n) is 4.80. The third-order valence-corrected chi connectivity index (χ3v) is 3.14. The lowest BCUT2D eigenvalue weighted by molar-refractivity contribution is 0.146. The zero-order valence-electron chi connectivity index (χ0n) is 13.2. The number of methoxy groups -OCH3 is 1. The van der Waals surface area contributed by atoms with Crippen molar-refractivity contribution >= 4 is 5.69 Å². The average molecular weight is 301 g/mol. The summed E-state index contributed by atoms with van der Waals surface area (Å²) in [5.41, 5.74) is 2.27. The summed E-state index contributed by atoms with van der Waals surface area (Å²) >= 11 is 0. The van der Waals surface area contributed by atoms with Crippen LogP contribution in [-0.4, -0.2) is 26.9 Å². The van der Waals surface area contributed by atoms with Crippen molar-refractivity contribution in [3.8, 4) is 11.5 Å². The van der Waals surface area contributed by atoms with Gasteiger partial charge in [-0.15, -0.1) is 0 Å². The van der Waals surface area contributed by atoms with Gasteiger partial charge in [0.05, 0.1) is 13.2 Å². The van der Waals surface area contributed by atoms with Gasteiger partial charge in [-0.25, -0.2) is 0 Å². The number of rotatable bonds is 9. The maximum atomic E-state index is 5.53. The summed E-state index contributed by atoms with van der Waals surface area (Å²) in [7, 11) is 1.66. The molecular weight excluding hydrogens is 278 g/mol. The molecule has 118 valence electrons. The van der Waals surface area contributed by atoms with Gasteiger partial charge in [0.15, 0.2) is 0 Å². The number of hydrogen-bond acceptors (Lipinski definition) is 4. The first-order valence-corrected chi connectivity index (χ1v) is 7.49. The molecule has 4 heteroatoms. The highest BCUT2D eigenvalue weighted by atomic mass is 16.5. The predicted octanol–water partition coefficient (Wildman–Crippen LogP) is 3.72. The first kappa shape index (κ1) is 16.2. The summed E-state index contributed by atoms with van der Waals surface area (Å²) in [4.78, 5) is 0. The van der Waals surface area contributed by atoms with Gasteiger partial charge in [-0.2, -0.15) is 0 Å². The van der Waals surface area contributed by atoms with Crippen LogP contribution in [0.2, 0.25) is 0 Å². The molecule has 0 aliphatic rings. The lowest BCUT2D eigenvalue weighted by Crippen LogP contribution is -2.04. The maximum absolute atomic E-state index is 5.53. The minimum atomic E-state index is 0.565. The molecular formula is C18H23NO3. The van der Waals surface area contributed by atoms with E-state index in [1.807, 2.05) is 43.3 Å². The van der Waals surface area contributed by atoms with Gasteiger partial charge in [0.2, 0.25) is 0 Å². The molecule has 0 aliphatic heterocycles. The molecule has 22 heavy (non-hydrogen) atoms. The molecule has 0 atom stereocenters. The van der Waals surface area contributed by atoms with Crippen molar-refractivity contribution in [2.24, 2.45) is 0 Å². The van der Waals surface area contributed by atoms with Crippen LogP contribution >= 0.6 is 0 Å². The Hall–Kier alpha value is -2.20. The van der Waals surface area contributed by atoms with Crippen molar-refractivity contribution in [1.29, 1.82) is 0 Å². The fourth-order valence-electron chi connectivity index (χ4n) is 1.99. The van der Waals surface area contributed by atoms with E-state index in [1.54, 1.807) is 7.11 Å². The molecule has 0 aromatic heterocycles. The van der Waals surface area contributed by atoms with Crippen LogP contribution in [0.4, 0.5) is 5.69 Å². The highest BCUT2D eigenvalue weighted by Crippen LogP contribution is 2.17. The summed E-state index contributed by atoms with van der Waals surface area (Å²) in [5.74, 6) is 1.76. The largest absolute Gasteiger partial charge is 0.494 e. The Labute approximate surface area is 132 Å². The van der Waals surface area contributed by atoms with E-state index >= 15 is 0 Å². The number of nitrogens with one attached hydrogen (secondary N) is 1. The SMILES string of the molecule is CCOc1ccc(CNc2ccc(OCCOC)cc2)cc1. The predicted molar refractivity (Wildman–Crippen MR) is 88.8 cm³/mol. The van der Waals surface area contributed by atoms with Crippen LogP contribution in [0.3, 0.4) is 0 Å². The fourth-order valence-corrected chi connectivity index (χ4v) is 1.99. The van der Waals surface area contributed by atoms with E-state index in [2.05, 4.69) is 17.4 Å². The normalized spacial score (nSPS) is 10.3. The lowest BCUT2D eigenvalue weighted by atomic mass is 10.2. The van der Waals surface area contributed by atoms with Crippen LogP contribution in [0.25, 0.3) is 0 Å². The highest BCUT2D eigenvalue weighted by molar-refractivity contribution is 5.47. The molecule has 0 unspecified atom stereocenters. The summed E-state index contributed by atoms with van der Waals surface area (Å²) in [5, 5.41) is 3.39. The first-order valence-electron chi connectivity index (χ1n) is 7.49. The molecule has 0 amide bonds. The van der Waals surface area contributed by atoms with Crippen LogP contribution < -0.4 is 14.8 Å². The minimum absolute atomic E-state index is 0.565. The van der Waals surface area contributed by atoms with Crippen LogP contribution in [0.1, 0.15) is 12.5 Å². The summed E-state index contributed by atoms with van der Waals surface area (Å²) < 4.78 is 15.9. The van der Waals surface area contributed by atoms with Crippen molar-refractivity contribution < 1.29 is 14.2 Å². The molecule has 2 rings (SSSR count). The van der Waals surface area contributed by atoms with Gasteiger partial charge in [0.1, 0.15) is 18.1 Å². The van der Waals surface area contributed by atoms with E-state index in [1.165, 1.54) is 5.56 Å². The Morgan fingerprint density at radius 2 is 1.45 bits per heavy atom. The zero-order chi connectivity index (χ0) is 15.6. The van der Waals surface area contributed by atoms with Gasteiger partial charge in [0.25, 0.3) is 0 Å². The number of anilines is 1. The Bertz CT molecular complexity index is 537. The third kappa shape index (κ3) is 5.30. The van der Waals surface area contributed by atoms with E-state index in [0.717, 1.165) is 23.7 Å². The van der Waals surface area contributed by atoms with E-state index < -0.39 is 0 Å². The Morgan fingerprint density at radius 3 is 2.09 bits per heavy atom. The van der Waals surface area contributed by atoms with E-state index in [9.17, 15) is 0 Å². The van der Waals surface area contributed by atoms with Crippen LogP contribution in [0, 0.1) is 0 Å². The van der Waals surface area contributed by atoms with Gasteiger partial charge >= 0.3 is 0 Å². The average Bonchev–Trinajstić information content (AvgIpc) is 2.56. The van der Waals surface area contributed by atoms with Crippen molar-refractivity contribution in [1.82, 2.24) is 0 Å². The van der Waals surface area contributed by atoms with E-state index in [-0.39, 0.29) is 0 Å². The smallest absolute Gasteiger partial charge is 0.119 e. The second kappa shape index (κ2) is 8.95. The molecule has 0 fully saturated rings. The van der Waals surface area contributed by atoms with Gasteiger partial charge in [-0.3, -0.25) is 0 Å². The minimum Gasteiger partial charge on any atom is -0.494 e. The number of ether oxygens (including phenoxy) is 3. The van der Waals surface area contributed by atoms with Crippen LogP contribution in [-0.2, 0) is 11.3 Å². The molecule has 2 aromatic rings. The molecule has 1 N–H and O–H groups in total. The van der Waals surface area contributed by atoms with Crippen molar-refractivity contribution in [3.05, 3.63) is 54.1 Å². The highest BCUT2D eigenvalue weighted by Gasteiger charge is 1.98. The van der Waals surface area contributed by atoms with Crippen LogP contribution in [0.5, 0.6) is 11.5 Å². The Morgan fingerprint density at radius 1 is 0.818 bits per heavy atom. The van der Waals surface area contributed by atoms with Crippen LogP contribution in [0.15, 0.2) is 48.5 Å². The lowest BCUT2D eigenvalue weighted by Gasteiger charge is -2.09. The van der Waals surface area contributed by atoms with Gasteiger partial charge < -0.3 is 19.5 Å². The quantitative estimate of drug-likeness (QED) is 0.717. The van der Waals surface area contributed by atoms with E-state index in [0.29, 0.717) is 19.8 Å². The standard InChI is InChI=1S/C18H23NO3/c1-3-21-17-8-4-15(5-9-17)14-19-16-6-10-18(11-7-16)22-13-12-20-2/h4-11,19H,3,12-14H2,1-2H3. The second-order valence-corrected chi connectivity index (χ2v) is 4.80. The summed E-state index contributed by atoms with van der Waals surface area (Å²) in [6, 6.07) is 16.1. The third-order valence-electron chi connectivity index (χ3n) is 3.14. The van der Waals surface area contributed by atoms with Crippen molar-refractivity contribution in [2.45, 2.75) is 13.5 Å². The van der Waals surface area contributed by atoms with Gasteiger partial charge in [-0.1, -0.05) is 12.1 Å². The monoisotopic (exact) mass is 301 g/mol. The summed E-state index contributed by atoms with van der Waals surface area (Å²) in [6.45, 7) is 4.61. The molecule has 0 saturated carbocycles. The molecule has 0 saturated heterocycles.